The van der Waals surface area contributed by atoms with Crippen molar-refractivity contribution in [3.63, 3.8) is 0 Å². The number of nitrogens with two attached hydrogens (primary N) is 1. The molecular weight excluding hydrogens is 454 g/mol. The molecule has 2 aromatic rings. The van der Waals surface area contributed by atoms with Crippen LogP contribution in [-0.2, 0) is 4.79 Å². The van der Waals surface area contributed by atoms with E-state index in [9.17, 15) is 14.7 Å². The van der Waals surface area contributed by atoms with Crippen molar-refractivity contribution in [3.8, 4) is 0 Å². The summed E-state index contributed by atoms with van der Waals surface area (Å²) in [5, 5.41) is 14.8. The van der Waals surface area contributed by atoms with Crippen LogP contribution in [0.3, 0.4) is 0 Å². The minimum absolute atomic E-state index is 0.0388. The first-order chi connectivity index (χ1) is 16.9. The van der Waals surface area contributed by atoms with Gasteiger partial charge in [-0.2, -0.15) is 0 Å². The summed E-state index contributed by atoms with van der Waals surface area (Å²) in [6.45, 7) is 10.2. The molecule has 0 aromatic heterocycles. The second kappa shape index (κ2) is 12.3. The van der Waals surface area contributed by atoms with Crippen molar-refractivity contribution < 1.29 is 19.3 Å². The Bertz CT molecular complexity index is 1130. The van der Waals surface area contributed by atoms with E-state index < -0.39 is 11.9 Å². The molecule has 8 heteroatoms. The summed E-state index contributed by atoms with van der Waals surface area (Å²) in [5.74, 6) is -1.08. The maximum Gasteiger partial charge on any atom is 0.392 e. The van der Waals surface area contributed by atoms with Crippen LogP contribution in [0.15, 0.2) is 53.5 Å². The zero-order chi connectivity index (χ0) is 27.2. The highest BCUT2D eigenvalue weighted by Gasteiger charge is 2.31. The van der Waals surface area contributed by atoms with Crippen molar-refractivity contribution in [2.75, 3.05) is 26.5 Å². The summed E-state index contributed by atoms with van der Waals surface area (Å²) in [6.07, 6.45) is 0. The molecule has 0 spiro atoms. The average molecular weight is 494 g/mol. The molecule has 1 unspecified atom stereocenters. The number of aliphatic imine (C=N–C) groups is 1. The van der Waals surface area contributed by atoms with Gasteiger partial charge in [0.2, 0.25) is 0 Å². The van der Waals surface area contributed by atoms with Crippen LogP contribution >= 0.6 is 0 Å². The highest BCUT2D eigenvalue weighted by Crippen LogP contribution is 2.30. The molecule has 0 saturated heterocycles. The first kappa shape index (κ1) is 28.6. The van der Waals surface area contributed by atoms with E-state index in [1.54, 1.807) is 42.5 Å². The molecule has 3 N–H and O–H groups in total. The number of para-hydroxylation sites is 1. The Morgan fingerprint density at radius 2 is 1.56 bits per heavy atom. The lowest BCUT2D eigenvalue weighted by atomic mass is 9.92. The number of carboxylic acid groups (broad SMARTS) is 1. The molecule has 0 aliphatic heterocycles. The van der Waals surface area contributed by atoms with Gasteiger partial charge in [0.15, 0.2) is 5.78 Å². The van der Waals surface area contributed by atoms with Crippen molar-refractivity contribution >= 4 is 29.4 Å². The van der Waals surface area contributed by atoms with Crippen LogP contribution in [0.4, 0.5) is 5.69 Å². The number of carbonyl (C=O) groups is 2. The quantitative estimate of drug-likeness (QED) is 0.253. The van der Waals surface area contributed by atoms with Gasteiger partial charge in [-0.1, -0.05) is 77.1 Å². The predicted octanol–water partition coefficient (Wildman–Crippen LogP) is 2.74. The molecule has 0 fully saturated rings. The number of hydrogen-bond donors (Lipinski definition) is 2. The summed E-state index contributed by atoms with van der Waals surface area (Å²) in [5.41, 5.74) is 7.84. The Kier molecular flexibility index (Phi) is 9.78. The maximum absolute atomic E-state index is 13.4. The molecule has 0 radical (unpaired) electrons. The summed E-state index contributed by atoms with van der Waals surface area (Å²) < 4.78 is 1.87. The molecule has 36 heavy (non-hydrogen) atoms. The number of rotatable bonds is 8. The Hall–Kier alpha value is -3.68. The fourth-order valence-electron chi connectivity index (χ4n) is 4.69. The SMILES string of the molecule is CC(C(=O)[O-])c1cccc(C(=O)c2ccccc2)c1N/C(N)=N\C(N(C)C(C(C)C)C(C)C)=[N+](C)C. The molecule has 0 bridgehead atoms. The van der Waals surface area contributed by atoms with Crippen LogP contribution in [0.1, 0.15) is 62.0 Å². The topological polar surface area (TPSA) is 114 Å². The minimum atomic E-state index is -1.25. The molecule has 2 aromatic carbocycles. The van der Waals surface area contributed by atoms with Gasteiger partial charge in [0.1, 0.15) is 0 Å². The Labute approximate surface area is 214 Å². The van der Waals surface area contributed by atoms with Crippen LogP contribution in [0.5, 0.6) is 0 Å². The van der Waals surface area contributed by atoms with Gasteiger partial charge in [0, 0.05) is 23.0 Å². The normalized spacial score (nSPS) is 12.6. The third kappa shape index (κ3) is 6.71. The van der Waals surface area contributed by atoms with E-state index >= 15 is 0 Å². The number of carboxylic acids is 1. The number of ketones is 1. The van der Waals surface area contributed by atoms with Gasteiger partial charge in [-0.25, -0.2) is 0 Å². The van der Waals surface area contributed by atoms with E-state index in [1.165, 1.54) is 6.92 Å². The molecule has 0 heterocycles. The van der Waals surface area contributed by atoms with Crippen LogP contribution in [0.25, 0.3) is 0 Å². The van der Waals surface area contributed by atoms with Crippen LogP contribution in [0, 0.1) is 11.8 Å². The predicted molar refractivity (Wildman–Crippen MR) is 143 cm³/mol. The molecule has 0 amide bonds. The number of nitrogens with zero attached hydrogens (tertiary/aromatic N) is 3. The Morgan fingerprint density at radius 1 is 0.972 bits per heavy atom. The zero-order valence-corrected chi connectivity index (χ0v) is 22.6. The number of aliphatic carboxylic acids is 1. The maximum atomic E-state index is 13.4. The summed E-state index contributed by atoms with van der Waals surface area (Å²) in [4.78, 5) is 31.9. The monoisotopic (exact) mass is 493 g/mol. The largest absolute Gasteiger partial charge is 0.550 e. The Morgan fingerprint density at radius 3 is 2.06 bits per heavy atom. The smallest absolute Gasteiger partial charge is 0.392 e. The highest BCUT2D eigenvalue weighted by atomic mass is 16.4. The zero-order valence-electron chi connectivity index (χ0n) is 22.6. The molecule has 0 saturated carbocycles. The summed E-state index contributed by atoms with van der Waals surface area (Å²) in [6, 6.07) is 14.0. The summed E-state index contributed by atoms with van der Waals surface area (Å²) in [7, 11) is 5.75. The second-order valence-electron chi connectivity index (χ2n) is 9.91. The van der Waals surface area contributed by atoms with E-state index in [2.05, 4.69) is 42.9 Å². The standard InChI is InChI=1S/C28H39N5O3/c1-17(2)24(18(3)4)33(8)28(32(6)7)31-27(29)30-23-21(19(5)26(35)36)15-12-16-22(23)25(34)20-13-10-9-11-14-20/h9-19,24H,1-8H3,(H3,29,30,34,35,36). The first-order valence-electron chi connectivity index (χ1n) is 12.2. The van der Waals surface area contributed by atoms with Crippen molar-refractivity contribution in [1.29, 1.82) is 0 Å². The van der Waals surface area contributed by atoms with E-state index in [0.29, 0.717) is 40.2 Å². The van der Waals surface area contributed by atoms with Gasteiger partial charge in [-0.15, -0.1) is 0 Å². The lowest BCUT2D eigenvalue weighted by molar-refractivity contribution is -0.471. The van der Waals surface area contributed by atoms with Gasteiger partial charge in [-0.05, 0) is 28.5 Å². The van der Waals surface area contributed by atoms with E-state index in [1.807, 2.05) is 31.8 Å². The summed E-state index contributed by atoms with van der Waals surface area (Å²) >= 11 is 0. The number of anilines is 1. The van der Waals surface area contributed by atoms with Crippen molar-refractivity contribution in [3.05, 3.63) is 65.2 Å². The fraction of sp³-hybridized carbons (Fsp3) is 0.429. The first-order valence-corrected chi connectivity index (χ1v) is 12.2. The molecule has 2 rings (SSSR count). The molecule has 194 valence electrons. The van der Waals surface area contributed by atoms with Gasteiger partial charge in [0.25, 0.3) is 5.96 Å². The molecule has 0 aliphatic carbocycles. The van der Waals surface area contributed by atoms with Crippen molar-refractivity contribution in [2.45, 2.75) is 46.6 Å². The lowest BCUT2D eigenvalue weighted by Crippen LogP contribution is -2.46. The number of nitrogens with one attached hydrogen (secondary N) is 1. The number of benzene rings is 2. The van der Waals surface area contributed by atoms with E-state index in [0.717, 1.165) is 0 Å². The number of guanidine groups is 2. The minimum Gasteiger partial charge on any atom is -0.550 e. The van der Waals surface area contributed by atoms with Gasteiger partial charge in [0.05, 0.1) is 32.9 Å². The van der Waals surface area contributed by atoms with E-state index in [4.69, 9.17) is 5.73 Å². The average Bonchev–Trinajstić information content (AvgIpc) is 2.81. The fourth-order valence-corrected chi connectivity index (χ4v) is 4.69. The van der Waals surface area contributed by atoms with Gasteiger partial charge in [-0.3, -0.25) is 14.3 Å². The molecule has 1 atom stereocenters. The molecule has 0 aliphatic rings. The number of hydrogen-bond acceptors (Lipinski definition) is 3. The third-order valence-electron chi connectivity index (χ3n) is 6.20. The van der Waals surface area contributed by atoms with Crippen molar-refractivity contribution in [2.24, 2.45) is 22.6 Å². The Balaban J connectivity index is 2.60. The highest BCUT2D eigenvalue weighted by molar-refractivity contribution is 6.15. The molecule has 8 nitrogen and oxygen atoms in total. The van der Waals surface area contributed by atoms with Crippen LogP contribution in [0.2, 0.25) is 0 Å². The molecular formula is C28H39N5O3. The third-order valence-corrected chi connectivity index (χ3v) is 6.20. The van der Waals surface area contributed by atoms with Crippen molar-refractivity contribution in [1.82, 2.24) is 4.90 Å². The van der Waals surface area contributed by atoms with Gasteiger partial charge >= 0.3 is 5.96 Å². The van der Waals surface area contributed by atoms with Crippen LogP contribution in [-0.4, -0.2) is 60.3 Å². The lowest BCUT2D eigenvalue weighted by Gasteiger charge is -2.30. The second-order valence-corrected chi connectivity index (χ2v) is 9.91. The van der Waals surface area contributed by atoms with E-state index in [-0.39, 0.29) is 17.8 Å². The number of carbonyl (C=O) groups excluding carboxylic acids is 2. The van der Waals surface area contributed by atoms with Gasteiger partial charge < -0.3 is 21.0 Å². The van der Waals surface area contributed by atoms with Crippen LogP contribution < -0.4 is 16.2 Å².